The Kier molecular flexibility index (Phi) is 9.86. The van der Waals surface area contributed by atoms with Gasteiger partial charge in [-0.3, -0.25) is 0 Å². The lowest BCUT2D eigenvalue weighted by atomic mass is 9.75. The molecule has 3 aromatic heterocycles. The lowest BCUT2D eigenvalue weighted by molar-refractivity contribution is 0.132. The number of hydrogen-bond donors (Lipinski definition) is 3. The molecule has 0 fully saturated rings. The molecule has 0 saturated carbocycles. The normalized spacial score (nSPS) is 15.9. The fourth-order valence-corrected chi connectivity index (χ4v) is 9.97. The number of phenolic OH excluding ortho intramolecular Hbond substituents is 1. The summed E-state index contributed by atoms with van der Waals surface area (Å²) in [4.78, 5) is 2.87. The summed E-state index contributed by atoms with van der Waals surface area (Å²) >= 11 is 5.48. The molecule has 0 bridgehead atoms. The van der Waals surface area contributed by atoms with Crippen LogP contribution in [0.25, 0.3) is 0 Å². The fourth-order valence-electron chi connectivity index (χ4n) is 6.56. The predicted octanol–water partition coefficient (Wildman–Crippen LogP) is 12.0. The monoisotopic (exact) mass is 766 g/mol. The van der Waals surface area contributed by atoms with Crippen molar-refractivity contribution in [3.8, 4) is 11.5 Å². The van der Waals surface area contributed by atoms with Crippen molar-refractivity contribution < 1.29 is 20.9 Å². The maximum Gasteiger partial charge on any atom is 0.293 e. The predicted molar refractivity (Wildman–Crippen MR) is 221 cm³/mol. The quantitative estimate of drug-likeness (QED) is 0.130. The molecule has 0 radical (unpaired) electrons. The van der Waals surface area contributed by atoms with Gasteiger partial charge in [0.25, 0.3) is 1.43 Å². The van der Waals surface area contributed by atoms with E-state index in [2.05, 4.69) is 95.2 Å². The number of thiophene rings is 3. The minimum absolute atomic E-state index is 0.0620. The first-order valence-electron chi connectivity index (χ1n) is 18.3. The van der Waals surface area contributed by atoms with Crippen molar-refractivity contribution in [3.05, 3.63) is 124 Å². The molecule has 0 aliphatic carbocycles. The second-order valence-electron chi connectivity index (χ2n) is 17.5. The molecule has 2 atom stereocenters. The van der Waals surface area contributed by atoms with Crippen LogP contribution in [-0.4, -0.2) is 23.0 Å². The van der Waals surface area contributed by atoms with E-state index in [4.69, 9.17) is 12.1 Å². The standard InChI is InChI=1S/C43H54O4S4/c1-38(2,3)28-22-26(23-29(36(28)44)39(4,5)6)42(45,32-16-14-20-49-32)34-18-19-35(51-34)43(46,33-17-15-21-50-33)27-24-30(40(7,8)9)37(47-48-13)31(25-27)41(10,11)12/h14-25,44-46H,1-13H3/i13T/hT. The second-order valence-corrected chi connectivity index (χ2v) is 20.9. The van der Waals surface area contributed by atoms with E-state index in [1.54, 1.807) is 0 Å². The first kappa shape index (κ1) is 36.8. The van der Waals surface area contributed by atoms with Crippen molar-refractivity contribution >= 4 is 46.1 Å². The zero-order chi connectivity index (χ0) is 39.4. The molecular formula is C43H54O4S4. The highest BCUT2D eigenvalue weighted by atomic mass is 32.2. The van der Waals surface area contributed by atoms with Crippen LogP contribution in [0.4, 0.5) is 0 Å². The summed E-state index contributed by atoms with van der Waals surface area (Å²) in [7, 11) is 0. The van der Waals surface area contributed by atoms with Crippen LogP contribution in [0.5, 0.6) is 11.5 Å². The summed E-state index contributed by atoms with van der Waals surface area (Å²) in [5, 5.41) is 35.9. The third kappa shape index (κ3) is 7.34. The maximum atomic E-state index is 13.3. The van der Waals surface area contributed by atoms with Crippen LogP contribution in [0.2, 0.25) is 0 Å². The molecule has 5 rings (SSSR count). The summed E-state index contributed by atoms with van der Waals surface area (Å²) in [6.45, 7) is 25.4. The van der Waals surface area contributed by atoms with Crippen molar-refractivity contribution in [2.24, 2.45) is 0 Å². The summed E-state index contributed by atoms with van der Waals surface area (Å²) < 4.78 is 22.1. The molecule has 3 heterocycles. The Bertz CT molecular complexity index is 1950. The Morgan fingerprint density at radius 1 is 0.588 bits per heavy atom. The third-order valence-electron chi connectivity index (χ3n) is 9.46. The van der Waals surface area contributed by atoms with Gasteiger partial charge in [-0.1, -0.05) is 95.2 Å². The van der Waals surface area contributed by atoms with E-state index in [1.807, 2.05) is 59.3 Å². The van der Waals surface area contributed by atoms with E-state index >= 15 is 0 Å². The number of phenols is 1. The molecule has 5 aromatic rings. The first-order valence-corrected chi connectivity index (χ1v) is 20.7. The Labute approximate surface area is 324 Å². The first-order chi connectivity index (χ1) is 24.5. The Morgan fingerprint density at radius 2 is 0.980 bits per heavy atom. The number of aliphatic hydroxyl groups is 2. The van der Waals surface area contributed by atoms with E-state index in [-0.39, 0.29) is 27.9 Å². The van der Waals surface area contributed by atoms with Gasteiger partial charge in [0.05, 0.1) is 12.0 Å². The average molecular weight is 767 g/mol. The molecule has 51 heavy (non-hydrogen) atoms. The minimum Gasteiger partial charge on any atom is -0.507 e. The van der Waals surface area contributed by atoms with Crippen molar-refractivity contribution in [1.82, 2.24) is 0 Å². The molecule has 274 valence electrons. The summed E-state index contributed by atoms with van der Waals surface area (Å²) in [6, 6.07) is 19.8. The van der Waals surface area contributed by atoms with Gasteiger partial charge in [-0.15, -0.1) is 34.0 Å². The largest absolute Gasteiger partial charge is 0.507 e. The van der Waals surface area contributed by atoms with Gasteiger partial charge in [-0.2, -0.15) is 0 Å². The van der Waals surface area contributed by atoms with Gasteiger partial charge in [0.1, 0.15) is 11.5 Å². The van der Waals surface area contributed by atoms with Crippen LogP contribution in [-0.2, 0) is 32.9 Å². The van der Waals surface area contributed by atoms with Crippen molar-refractivity contribution in [2.75, 3.05) is 6.23 Å². The van der Waals surface area contributed by atoms with E-state index in [9.17, 15) is 10.2 Å². The minimum atomic E-state index is -1.56. The van der Waals surface area contributed by atoms with Crippen LogP contribution >= 0.6 is 46.1 Å². The topological polar surface area (TPSA) is 69.9 Å². The summed E-state index contributed by atoms with van der Waals surface area (Å²) in [5.74, 6) is 1.25. The zero-order valence-electron chi connectivity index (χ0n) is 34.0. The van der Waals surface area contributed by atoms with Crippen LogP contribution in [0.1, 0.15) is 137 Å². The molecule has 0 saturated heterocycles. The third-order valence-corrected chi connectivity index (χ3v) is 13.0. The number of benzene rings is 2. The molecule has 0 aliphatic heterocycles. The smallest absolute Gasteiger partial charge is 0.293 e. The highest BCUT2D eigenvalue weighted by Crippen LogP contribution is 2.52. The van der Waals surface area contributed by atoms with E-state index in [0.29, 0.717) is 26.6 Å². The molecule has 2 aromatic carbocycles. The molecule has 0 aliphatic rings. The molecular weight excluding hydrogens is 709 g/mol. The fraction of sp³-hybridized carbons (Fsp3) is 0.442. The molecule has 0 amide bonds. The van der Waals surface area contributed by atoms with Crippen LogP contribution in [0.3, 0.4) is 0 Å². The lowest BCUT2D eigenvalue weighted by Gasteiger charge is -2.34. The van der Waals surface area contributed by atoms with E-state index < -0.39 is 11.2 Å². The Morgan fingerprint density at radius 3 is 1.29 bits per heavy atom. The van der Waals surface area contributed by atoms with Gasteiger partial charge >= 0.3 is 0 Å². The molecule has 4 nitrogen and oxygen atoms in total. The summed E-state index contributed by atoms with van der Waals surface area (Å²) in [6.07, 6.45) is 0.0620. The summed E-state index contributed by atoms with van der Waals surface area (Å²) in [5.41, 5.74) is 0.420. The molecule has 0 spiro atoms. The highest BCUT2D eigenvalue weighted by molar-refractivity contribution is 7.94. The zero-order valence-corrected chi connectivity index (χ0v) is 35.2. The molecule has 8 heteroatoms. The number of rotatable bonds is 9. The second kappa shape index (κ2) is 13.7. The van der Waals surface area contributed by atoms with Gasteiger partial charge in [0.2, 0.25) is 0 Å². The van der Waals surface area contributed by atoms with Crippen LogP contribution in [0.15, 0.2) is 71.4 Å². The maximum absolute atomic E-state index is 13.3. The van der Waals surface area contributed by atoms with Gasteiger partial charge < -0.3 is 19.5 Å². The van der Waals surface area contributed by atoms with Gasteiger partial charge in [0, 0.05) is 38.2 Å². The Hall–Kier alpha value is -2.59. The van der Waals surface area contributed by atoms with Crippen molar-refractivity contribution in [1.29, 1.82) is 1.43 Å². The van der Waals surface area contributed by atoms with E-state index in [1.165, 1.54) is 34.0 Å². The van der Waals surface area contributed by atoms with E-state index in [0.717, 1.165) is 49.8 Å². The van der Waals surface area contributed by atoms with Crippen molar-refractivity contribution in [3.63, 3.8) is 0 Å². The van der Waals surface area contributed by atoms with Crippen molar-refractivity contribution in [2.45, 2.75) is 116 Å². The average Bonchev–Trinajstić information content (AvgIpc) is 3.88. The SMILES string of the molecule is [3H]CSOc1c(C(C)(C)C)cc(C(O)(c2cccs2)c2ccc(C(O)(c3cc(C(C)(C)C)c(O[3H])c(C(C)(C)C)c3)c3cccs3)s2)cc1C(C)(C)C. The van der Waals surface area contributed by atoms with Gasteiger partial charge in [-0.25, -0.2) is 0 Å². The number of aromatic hydroxyl groups is 1. The van der Waals surface area contributed by atoms with Gasteiger partial charge in [-0.05, 0) is 103 Å². The highest BCUT2D eigenvalue weighted by Gasteiger charge is 2.44. The van der Waals surface area contributed by atoms with Crippen LogP contribution < -0.4 is 4.18 Å². The Balaban J connectivity index is 1.83. The lowest BCUT2D eigenvalue weighted by Crippen LogP contribution is -2.30. The van der Waals surface area contributed by atoms with Crippen LogP contribution in [0, 0.1) is 0 Å². The number of hydrogen-bond acceptors (Lipinski definition) is 8. The molecule has 3 N–H and O–H groups in total. The molecule has 2 unspecified atom stereocenters. The van der Waals surface area contributed by atoms with Gasteiger partial charge in [0.15, 0.2) is 11.2 Å².